The number of phenols is 1. The van der Waals surface area contributed by atoms with Gasteiger partial charge in [-0.05, 0) is 68.7 Å². The Morgan fingerprint density at radius 1 is 1.00 bits per heavy atom. The number of methoxy groups -OCH3 is 2. The van der Waals surface area contributed by atoms with Crippen LogP contribution in [0, 0.1) is 11.8 Å². The number of hydroxylamine groups is 2. The van der Waals surface area contributed by atoms with Crippen molar-refractivity contribution >= 4 is 11.9 Å². The van der Waals surface area contributed by atoms with E-state index in [1.165, 1.54) is 14.2 Å². The van der Waals surface area contributed by atoms with Crippen LogP contribution < -0.4 is 24.3 Å². The van der Waals surface area contributed by atoms with Gasteiger partial charge in [0.1, 0.15) is 0 Å². The van der Waals surface area contributed by atoms with Gasteiger partial charge in [-0.15, -0.1) is 10.3 Å². The Morgan fingerprint density at radius 2 is 1.61 bits per heavy atom. The quantitative estimate of drug-likeness (QED) is 0.523. The van der Waals surface area contributed by atoms with Crippen LogP contribution in [0.2, 0.25) is 0 Å². The summed E-state index contributed by atoms with van der Waals surface area (Å²) in [6.45, 7) is 7.11. The normalized spacial score (nSPS) is 27.0. The number of esters is 1. The van der Waals surface area contributed by atoms with Crippen molar-refractivity contribution in [1.82, 2.24) is 10.4 Å². The molecule has 1 aliphatic carbocycles. The fourth-order valence-corrected chi connectivity index (χ4v) is 6.82. The van der Waals surface area contributed by atoms with Gasteiger partial charge < -0.3 is 34.1 Å². The summed E-state index contributed by atoms with van der Waals surface area (Å²) in [5.74, 6) is -1.15. The number of fused-ring (bicyclic) bond motifs is 3. The second kappa shape index (κ2) is 9.28. The summed E-state index contributed by atoms with van der Waals surface area (Å²) >= 11 is 0. The molecule has 2 N–H and O–H groups in total. The van der Waals surface area contributed by atoms with Crippen LogP contribution >= 0.6 is 0 Å². The molecule has 1 radical (unpaired) electrons. The Balaban J connectivity index is 1.50. The molecule has 0 spiro atoms. The molecule has 0 aromatic heterocycles. The van der Waals surface area contributed by atoms with Crippen LogP contribution in [0.1, 0.15) is 56.3 Å². The number of hydrogen-bond donors (Lipinski definition) is 2. The Hall–Kier alpha value is -3.96. The lowest BCUT2D eigenvalue weighted by Gasteiger charge is -2.40. The smallest absolute Gasteiger partial charge is 0.310 e. The molecule has 1 unspecified atom stereocenters. The minimum atomic E-state index is -1.05. The molecule has 4 atom stereocenters. The van der Waals surface area contributed by atoms with Crippen molar-refractivity contribution in [2.24, 2.45) is 11.8 Å². The molecule has 0 bridgehead atoms. The van der Waals surface area contributed by atoms with E-state index in [2.05, 4.69) is 5.32 Å². The van der Waals surface area contributed by atoms with Crippen LogP contribution in [0.4, 0.5) is 0 Å². The third-order valence-electron chi connectivity index (χ3n) is 8.77. The minimum Gasteiger partial charge on any atom is -0.502 e. The summed E-state index contributed by atoms with van der Waals surface area (Å²) < 4.78 is 27.8. The summed E-state index contributed by atoms with van der Waals surface area (Å²) in [7, 11) is 2.87. The number of benzene rings is 2. The van der Waals surface area contributed by atoms with Gasteiger partial charge in [-0.2, -0.15) is 0 Å². The molecule has 4 aliphatic rings. The van der Waals surface area contributed by atoms with Gasteiger partial charge in [0.25, 0.3) is 0 Å². The molecule has 6 rings (SSSR count). The first kappa shape index (κ1) is 27.2. The topological polar surface area (TPSA) is 136 Å². The average molecular weight is 566 g/mol. The van der Waals surface area contributed by atoms with E-state index < -0.39 is 40.8 Å². The first-order chi connectivity index (χ1) is 19.4. The van der Waals surface area contributed by atoms with Crippen molar-refractivity contribution in [2.45, 2.75) is 50.7 Å². The van der Waals surface area contributed by atoms with E-state index in [1.807, 2.05) is 12.1 Å². The Labute approximate surface area is 237 Å². The number of ether oxygens (including phenoxy) is 5. The molecule has 3 aliphatic heterocycles. The molecule has 2 aromatic carbocycles. The summed E-state index contributed by atoms with van der Waals surface area (Å²) in [6, 6.07) is 6.39. The first-order valence-corrected chi connectivity index (χ1v) is 13.5. The molecule has 2 aromatic rings. The monoisotopic (exact) mass is 565 g/mol. The number of nitrogens with one attached hydrogen (secondary N) is 1. The molecule has 217 valence electrons. The largest absolute Gasteiger partial charge is 0.502 e. The van der Waals surface area contributed by atoms with Crippen LogP contribution in [0.25, 0.3) is 0 Å². The van der Waals surface area contributed by atoms with E-state index in [0.717, 1.165) is 16.2 Å². The van der Waals surface area contributed by atoms with Gasteiger partial charge >= 0.3 is 5.97 Å². The highest BCUT2D eigenvalue weighted by Crippen LogP contribution is 2.55. The maximum Gasteiger partial charge on any atom is 0.310 e. The van der Waals surface area contributed by atoms with Crippen LogP contribution in [0.5, 0.6) is 28.7 Å². The summed E-state index contributed by atoms with van der Waals surface area (Å²) in [5, 5.41) is 27.6. The molecule has 1 amide bonds. The predicted octanol–water partition coefficient (Wildman–Crippen LogP) is 3.37. The van der Waals surface area contributed by atoms with Crippen molar-refractivity contribution in [1.29, 1.82) is 0 Å². The van der Waals surface area contributed by atoms with Gasteiger partial charge in [0.05, 0.1) is 43.9 Å². The van der Waals surface area contributed by atoms with Crippen molar-refractivity contribution in [2.75, 3.05) is 27.6 Å². The van der Waals surface area contributed by atoms with Crippen molar-refractivity contribution < 1.29 is 43.6 Å². The second-order valence-electron chi connectivity index (χ2n) is 11.9. The van der Waals surface area contributed by atoms with E-state index in [-0.39, 0.29) is 36.6 Å². The predicted molar refractivity (Wildman–Crippen MR) is 143 cm³/mol. The van der Waals surface area contributed by atoms with Gasteiger partial charge in [0.2, 0.25) is 18.4 Å². The molecule has 1 fully saturated rings. The number of carbonyl (C=O) groups is 2. The van der Waals surface area contributed by atoms with Crippen molar-refractivity contribution in [3.8, 4) is 28.7 Å². The standard InChI is InChI=1S/C30H33N2O9/c1-29(2)11-18(30(3,4)32(29)36)27(34)31-25-16-10-20-19(40-13-41-20)9-15(16)23(24-17(25)12-39-28(24)35)14-7-21(37-5)26(33)22(8-14)38-6/h7-11,17,23-25,33H,12-13H2,1-6H3,(H,31,34)/t17?,23-,24+,25+/m1/s1. The molecule has 1 saturated heterocycles. The lowest BCUT2D eigenvalue weighted by molar-refractivity contribution is -0.238. The molecule has 11 heteroatoms. The fraction of sp³-hybridized carbons (Fsp3) is 0.467. The van der Waals surface area contributed by atoms with Gasteiger partial charge in [0, 0.05) is 17.4 Å². The van der Waals surface area contributed by atoms with Crippen LogP contribution in [-0.4, -0.2) is 60.7 Å². The van der Waals surface area contributed by atoms with Crippen LogP contribution in [-0.2, 0) is 19.5 Å². The van der Waals surface area contributed by atoms with Crippen LogP contribution in [0.3, 0.4) is 0 Å². The van der Waals surface area contributed by atoms with E-state index in [1.54, 1.807) is 45.9 Å². The number of cyclic esters (lactones) is 1. The second-order valence-corrected chi connectivity index (χ2v) is 11.9. The highest BCUT2D eigenvalue weighted by atomic mass is 16.7. The number of amides is 1. The third kappa shape index (κ3) is 4.01. The zero-order valence-electron chi connectivity index (χ0n) is 23.8. The van der Waals surface area contributed by atoms with Gasteiger partial charge in [-0.25, -0.2) is 0 Å². The molecule has 11 nitrogen and oxygen atoms in total. The lowest BCUT2D eigenvalue weighted by Crippen LogP contribution is -2.50. The zero-order valence-corrected chi connectivity index (χ0v) is 23.8. The summed E-state index contributed by atoms with van der Waals surface area (Å²) in [5.41, 5.74) is 0.593. The van der Waals surface area contributed by atoms with Gasteiger partial charge in [-0.3, -0.25) is 9.59 Å². The Bertz CT molecular complexity index is 1460. The Morgan fingerprint density at radius 3 is 2.17 bits per heavy atom. The maximum absolute atomic E-state index is 13.8. The number of aromatic hydroxyl groups is 1. The minimum absolute atomic E-state index is 0.0468. The molecular formula is C30H33N2O9. The average Bonchev–Trinajstić information content (AvgIpc) is 3.60. The fourth-order valence-electron chi connectivity index (χ4n) is 6.82. The van der Waals surface area contributed by atoms with Gasteiger partial charge in [-0.1, -0.05) is 6.08 Å². The number of nitrogens with zero attached hydrogens (tertiary/aromatic N) is 1. The number of hydrogen-bond acceptors (Lipinski definition) is 9. The first-order valence-electron chi connectivity index (χ1n) is 13.5. The highest BCUT2D eigenvalue weighted by Gasteiger charge is 2.54. The number of carbonyl (C=O) groups excluding carboxylic acids is 2. The maximum atomic E-state index is 13.8. The molecular weight excluding hydrogens is 532 g/mol. The number of rotatable bonds is 5. The van der Waals surface area contributed by atoms with E-state index in [0.29, 0.717) is 22.6 Å². The highest BCUT2D eigenvalue weighted by molar-refractivity contribution is 5.97. The van der Waals surface area contributed by atoms with Crippen LogP contribution in [0.15, 0.2) is 35.9 Å². The third-order valence-corrected chi connectivity index (χ3v) is 8.77. The molecule has 3 heterocycles. The van der Waals surface area contributed by atoms with Crippen molar-refractivity contribution in [3.05, 3.63) is 52.6 Å². The van der Waals surface area contributed by atoms with E-state index in [4.69, 9.17) is 23.7 Å². The van der Waals surface area contributed by atoms with Gasteiger partial charge in [0.15, 0.2) is 23.0 Å². The lowest BCUT2D eigenvalue weighted by atomic mass is 9.65. The zero-order chi connectivity index (χ0) is 29.4. The Kier molecular flexibility index (Phi) is 6.16. The molecule has 41 heavy (non-hydrogen) atoms. The molecule has 0 saturated carbocycles. The van der Waals surface area contributed by atoms with E-state index in [9.17, 15) is 19.9 Å². The van der Waals surface area contributed by atoms with Crippen molar-refractivity contribution in [3.63, 3.8) is 0 Å². The SMILES string of the molecule is COc1cc([C@@H]2c3cc4c(cc3[C@H](NC(=O)C3=CC(C)(C)N([O])C3(C)C)C3COC(=O)[C@@H]32)OCO4)cc(OC)c1O. The summed E-state index contributed by atoms with van der Waals surface area (Å²) in [6.07, 6.45) is 1.70. The number of phenolic OH excluding ortho intramolecular Hbond substituents is 1. The summed E-state index contributed by atoms with van der Waals surface area (Å²) in [4.78, 5) is 27.2. The van der Waals surface area contributed by atoms with E-state index >= 15 is 0 Å².